The van der Waals surface area contributed by atoms with Crippen molar-refractivity contribution >= 4 is 6.09 Å². The lowest BCUT2D eigenvalue weighted by molar-refractivity contribution is 0.0948. The minimum atomic E-state index is -0.175. The fourth-order valence-corrected chi connectivity index (χ4v) is 2.21. The molecule has 0 bridgehead atoms. The Kier molecular flexibility index (Phi) is 9.34. The van der Waals surface area contributed by atoms with Crippen molar-refractivity contribution in [3.63, 3.8) is 0 Å². The number of ether oxygens (including phenoxy) is 1. The molecule has 0 saturated heterocycles. The van der Waals surface area contributed by atoms with E-state index in [1.165, 1.54) is 12.8 Å². The highest BCUT2D eigenvalue weighted by molar-refractivity contribution is 5.67. The molecule has 0 aromatic heterocycles. The summed E-state index contributed by atoms with van der Waals surface area (Å²) in [5.74, 6) is 0. The predicted octanol–water partition coefficient (Wildman–Crippen LogP) is 5.01. The van der Waals surface area contributed by atoms with E-state index in [1.807, 2.05) is 35.2 Å². The van der Waals surface area contributed by atoms with Gasteiger partial charge in [0.15, 0.2) is 0 Å². The van der Waals surface area contributed by atoms with E-state index in [0.717, 1.165) is 44.3 Å². The average molecular weight is 291 g/mol. The third-order valence-corrected chi connectivity index (χ3v) is 3.53. The third kappa shape index (κ3) is 7.74. The lowest BCUT2D eigenvalue weighted by atomic mass is 10.2. The van der Waals surface area contributed by atoms with Gasteiger partial charge in [0.25, 0.3) is 0 Å². The molecular weight excluding hydrogens is 262 g/mol. The smallest absolute Gasteiger partial charge is 0.410 e. The van der Waals surface area contributed by atoms with Crippen LogP contribution < -0.4 is 0 Å². The maximum atomic E-state index is 12.2. The maximum Gasteiger partial charge on any atom is 0.410 e. The molecule has 0 aliphatic rings. The lowest BCUT2D eigenvalue weighted by Crippen LogP contribution is -2.33. The normalized spacial score (nSPS) is 10.4. The van der Waals surface area contributed by atoms with E-state index in [1.54, 1.807) is 0 Å². The Morgan fingerprint density at radius 3 is 2.05 bits per heavy atom. The zero-order chi connectivity index (χ0) is 15.3. The zero-order valence-electron chi connectivity index (χ0n) is 13.5. The molecule has 0 unspecified atom stereocenters. The highest BCUT2D eigenvalue weighted by Crippen LogP contribution is 2.07. The van der Waals surface area contributed by atoms with Crippen LogP contribution in [0.25, 0.3) is 0 Å². The summed E-state index contributed by atoms with van der Waals surface area (Å²) in [5.41, 5.74) is 1.04. The second-order valence-electron chi connectivity index (χ2n) is 5.44. The molecule has 0 aliphatic carbocycles. The van der Waals surface area contributed by atoms with Crippen LogP contribution >= 0.6 is 0 Å². The van der Waals surface area contributed by atoms with Gasteiger partial charge in [0, 0.05) is 13.1 Å². The maximum absolute atomic E-state index is 12.2. The van der Waals surface area contributed by atoms with Gasteiger partial charge in [-0.2, -0.15) is 0 Å². The number of carbonyl (C=O) groups is 1. The van der Waals surface area contributed by atoms with Crippen molar-refractivity contribution in [2.45, 2.75) is 59.0 Å². The van der Waals surface area contributed by atoms with Crippen LogP contribution in [0.3, 0.4) is 0 Å². The molecule has 0 N–H and O–H groups in total. The van der Waals surface area contributed by atoms with E-state index in [0.29, 0.717) is 6.61 Å². The first-order valence-electron chi connectivity index (χ1n) is 8.23. The summed E-state index contributed by atoms with van der Waals surface area (Å²) in [6.45, 7) is 6.33. The van der Waals surface area contributed by atoms with Crippen molar-refractivity contribution in [3.8, 4) is 0 Å². The second kappa shape index (κ2) is 11.2. The Morgan fingerprint density at radius 2 is 1.52 bits per heavy atom. The molecule has 1 amide bonds. The highest BCUT2D eigenvalue weighted by Gasteiger charge is 2.14. The third-order valence-electron chi connectivity index (χ3n) is 3.53. The van der Waals surface area contributed by atoms with Crippen LogP contribution in [0.5, 0.6) is 0 Å². The summed E-state index contributed by atoms with van der Waals surface area (Å²) in [6.07, 6.45) is 6.61. The van der Waals surface area contributed by atoms with Crippen LogP contribution in [0, 0.1) is 0 Å². The Hall–Kier alpha value is -1.51. The predicted molar refractivity (Wildman–Crippen MR) is 87.3 cm³/mol. The fourth-order valence-electron chi connectivity index (χ4n) is 2.21. The van der Waals surface area contributed by atoms with E-state index in [-0.39, 0.29) is 6.09 Å². The summed E-state index contributed by atoms with van der Waals surface area (Å²) >= 11 is 0. The van der Waals surface area contributed by atoms with Crippen molar-refractivity contribution in [2.75, 3.05) is 13.1 Å². The molecule has 0 aliphatic heterocycles. The molecule has 118 valence electrons. The number of nitrogens with zero attached hydrogens (tertiary/aromatic N) is 1. The average Bonchev–Trinajstić information content (AvgIpc) is 2.52. The number of benzene rings is 1. The van der Waals surface area contributed by atoms with Gasteiger partial charge in [0.2, 0.25) is 0 Å². The van der Waals surface area contributed by atoms with Gasteiger partial charge in [0.05, 0.1) is 0 Å². The molecule has 0 spiro atoms. The lowest BCUT2D eigenvalue weighted by Gasteiger charge is -2.22. The molecule has 21 heavy (non-hydrogen) atoms. The summed E-state index contributed by atoms with van der Waals surface area (Å²) in [6, 6.07) is 9.84. The minimum Gasteiger partial charge on any atom is -0.445 e. The van der Waals surface area contributed by atoms with Gasteiger partial charge >= 0.3 is 6.09 Å². The number of hydrogen-bond acceptors (Lipinski definition) is 2. The van der Waals surface area contributed by atoms with E-state index < -0.39 is 0 Å². The first-order chi connectivity index (χ1) is 10.3. The summed E-state index contributed by atoms with van der Waals surface area (Å²) in [4.78, 5) is 14.1. The molecular formula is C18H29NO2. The van der Waals surface area contributed by atoms with Gasteiger partial charge in [-0.15, -0.1) is 0 Å². The topological polar surface area (TPSA) is 29.5 Å². The minimum absolute atomic E-state index is 0.175. The number of amides is 1. The first kappa shape index (κ1) is 17.5. The Morgan fingerprint density at radius 1 is 0.952 bits per heavy atom. The zero-order valence-corrected chi connectivity index (χ0v) is 13.5. The van der Waals surface area contributed by atoms with Gasteiger partial charge in [-0.1, -0.05) is 69.9 Å². The second-order valence-corrected chi connectivity index (χ2v) is 5.44. The van der Waals surface area contributed by atoms with Crippen molar-refractivity contribution < 1.29 is 9.53 Å². The molecule has 1 rings (SSSR count). The Balaban J connectivity index is 2.40. The van der Waals surface area contributed by atoms with Crippen LogP contribution in [-0.4, -0.2) is 24.1 Å². The Bertz CT molecular complexity index is 368. The monoisotopic (exact) mass is 291 g/mol. The van der Waals surface area contributed by atoms with Gasteiger partial charge in [-0.05, 0) is 18.4 Å². The quantitative estimate of drug-likeness (QED) is 0.567. The largest absolute Gasteiger partial charge is 0.445 e. The van der Waals surface area contributed by atoms with Crippen molar-refractivity contribution in [3.05, 3.63) is 35.9 Å². The van der Waals surface area contributed by atoms with Crippen LogP contribution in [0.1, 0.15) is 57.9 Å². The molecule has 0 saturated carbocycles. The molecule has 0 radical (unpaired) electrons. The van der Waals surface area contributed by atoms with Gasteiger partial charge in [0.1, 0.15) is 6.61 Å². The molecule has 3 heteroatoms. The Labute approximate surface area is 129 Å². The number of rotatable bonds is 10. The van der Waals surface area contributed by atoms with Crippen LogP contribution in [0.15, 0.2) is 30.3 Å². The molecule has 1 aromatic rings. The molecule has 1 aromatic carbocycles. The number of hydrogen-bond donors (Lipinski definition) is 0. The highest BCUT2D eigenvalue weighted by atomic mass is 16.6. The van der Waals surface area contributed by atoms with Gasteiger partial charge < -0.3 is 9.64 Å². The van der Waals surface area contributed by atoms with E-state index in [9.17, 15) is 4.79 Å². The van der Waals surface area contributed by atoms with E-state index in [2.05, 4.69) is 13.8 Å². The standard InChI is InChI=1S/C18H29NO2/c1-3-5-10-14-19(15-11-6-4-2)18(20)21-16-17-12-8-7-9-13-17/h7-9,12-13H,3-6,10-11,14-16H2,1-2H3. The van der Waals surface area contributed by atoms with Crippen LogP contribution in [0.2, 0.25) is 0 Å². The summed E-state index contributed by atoms with van der Waals surface area (Å²) in [7, 11) is 0. The summed E-state index contributed by atoms with van der Waals surface area (Å²) < 4.78 is 5.44. The van der Waals surface area contributed by atoms with Crippen LogP contribution in [-0.2, 0) is 11.3 Å². The van der Waals surface area contributed by atoms with Crippen molar-refractivity contribution in [1.29, 1.82) is 0 Å². The van der Waals surface area contributed by atoms with Crippen molar-refractivity contribution in [1.82, 2.24) is 4.90 Å². The van der Waals surface area contributed by atoms with E-state index >= 15 is 0 Å². The SMILES string of the molecule is CCCCCN(CCCCC)C(=O)OCc1ccccc1. The molecule has 0 heterocycles. The van der Waals surface area contributed by atoms with E-state index in [4.69, 9.17) is 4.74 Å². The fraction of sp³-hybridized carbons (Fsp3) is 0.611. The first-order valence-corrected chi connectivity index (χ1v) is 8.23. The summed E-state index contributed by atoms with van der Waals surface area (Å²) in [5, 5.41) is 0. The van der Waals surface area contributed by atoms with Gasteiger partial charge in [-0.25, -0.2) is 4.79 Å². The van der Waals surface area contributed by atoms with Crippen LogP contribution in [0.4, 0.5) is 4.79 Å². The van der Waals surface area contributed by atoms with Crippen molar-refractivity contribution in [2.24, 2.45) is 0 Å². The molecule has 3 nitrogen and oxygen atoms in total. The van der Waals surface area contributed by atoms with Gasteiger partial charge in [-0.3, -0.25) is 0 Å². The number of unbranched alkanes of at least 4 members (excludes halogenated alkanes) is 4. The molecule has 0 atom stereocenters. The number of carbonyl (C=O) groups excluding carboxylic acids is 1. The molecule has 0 fully saturated rings.